The van der Waals surface area contributed by atoms with Crippen LogP contribution in [0, 0.1) is 5.21 Å². The number of hydrogen-bond donors (Lipinski definition) is 2. The largest absolute Gasteiger partial charge is 0.618 e. The zero-order valence-corrected chi connectivity index (χ0v) is 27.7. The molecule has 1 heterocycles. The van der Waals surface area contributed by atoms with Gasteiger partial charge in [0.05, 0.1) is 11.6 Å². The van der Waals surface area contributed by atoms with Gasteiger partial charge in [0.15, 0.2) is 0 Å². The molecule has 8 nitrogen and oxygen atoms in total. The number of nitrogens with one attached hydrogen (secondary N) is 1. The molecule has 1 aliphatic heterocycles. The third-order valence-corrected chi connectivity index (χ3v) is 8.86. The molecule has 0 unspecified atom stereocenters. The highest BCUT2D eigenvalue weighted by Crippen LogP contribution is 2.42. The highest BCUT2D eigenvalue weighted by atomic mass is 16.5. The van der Waals surface area contributed by atoms with Gasteiger partial charge in [-0.05, 0) is 93.9 Å². The van der Waals surface area contributed by atoms with Crippen LogP contribution < -0.4 is 25.2 Å². The van der Waals surface area contributed by atoms with Crippen molar-refractivity contribution in [3.05, 3.63) is 125 Å². The molecule has 0 fully saturated rings. The third kappa shape index (κ3) is 6.29. The Morgan fingerprint density at radius 2 is 1.33 bits per heavy atom. The summed E-state index contributed by atoms with van der Waals surface area (Å²) in [5.74, 6) is -0.550. The number of aromatic carboxylic acids is 1. The second-order valence-electron chi connectivity index (χ2n) is 11.5. The maximum absolute atomic E-state index is 13.6. The first-order chi connectivity index (χ1) is 23.3. The molecule has 8 heteroatoms. The first-order valence-electron chi connectivity index (χ1n) is 16.5. The van der Waals surface area contributed by atoms with Gasteiger partial charge >= 0.3 is 5.97 Å². The van der Waals surface area contributed by atoms with Crippen molar-refractivity contribution in [3.63, 3.8) is 0 Å². The Bertz CT molecular complexity index is 2090. The van der Waals surface area contributed by atoms with Crippen LogP contribution in [0.1, 0.15) is 38.1 Å². The zero-order chi connectivity index (χ0) is 33.8. The summed E-state index contributed by atoms with van der Waals surface area (Å²) in [5.41, 5.74) is 7.21. The van der Waals surface area contributed by atoms with Gasteiger partial charge in [0, 0.05) is 89.7 Å². The lowest BCUT2D eigenvalue weighted by Crippen LogP contribution is -2.22. The molecule has 0 spiro atoms. The van der Waals surface area contributed by atoms with Gasteiger partial charge in [-0.1, -0.05) is 18.2 Å². The molecular formula is C40H40N4O4. The molecule has 4 aromatic rings. The summed E-state index contributed by atoms with van der Waals surface area (Å²) in [7, 11) is 0. The Morgan fingerprint density at radius 1 is 0.729 bits per heavy atom. The fourth-order valence-corrected chi connectivity index (χ4v) is 6.31. The Hall–Kier alpha value is -5.76. The molecule has 0 bridgehead atoms. The lowest BCUT2D eigenvalue weighted by atomic mass is 9.90. The minimum Gasteiger partial charge on any atom is -0.618 e. The van der Waals surface area contributed by atoms with Crippen molar-refractivity contribution >= 4 is 45.4 Å². The lowest BCUT2D eigenvalue weighted by molar-refractivity contribution is 0.0697. The highest BCUT2D eigenvalue weighted by Gasteiger charge is 2.22. The number of carboxylic acid groups (broad SMARTS) is 1. The summed E-state index contributed by atoms with van der Waals surface area (Å²) in [6, 6.07) is 33.9. The second kappa shape index (κ2) is 13.9. The smallest absolute Gasteiger partial charge is 0.336 e. The van der Waals surface area contributed by atoms with Crippen LogP contribution >= 0.6 is 0 Å². The number of nitrogens with zero attached hydrogens (tertiary/aromatic N) is 3. The predicted octanol–water partition coefficient (Wildman–Crippen LogP) is 8.94. The molecule has 0 atom stereocenters. The summed E-state index contributed by atoms with van der Waals surface area (Å²) in [6.45, 7) is 12.1. The van der Waals surface area contributed by atoms with Crippen LogP contribution in [0.3, 0.4) is 0 Å². The van der Waals surface area contributed by atoms with E-state index >= 15 is 0 Å². The second-order valence-corrected chi connectivity index (χ2v) is 11.5. The van der Waals surface area contributed by atoms with E-state index in [0.717, 1.165) is 64.6 Å². The van der Waals surface area contributed by atoms with E-state index in [0.29, 0.717) is 33.5 Å². The van der Waals surface area contributed by atoms with Crippen molar-refractivity contribution in [3.8, 4) is 22.5 Å². The quantitative estimate of drug-likeness (QED) is 0.0829. The third-order valence-electron chi connectivity index (χ3n) is 8.86. The molecule has 1 aliphatic carbocycles. The SMILES string of the molecule is CCN(CC)c1ccc(Nc2ccc3c(-c4ccccc4C(=O)O)c4ccc(=[N+]([O-])c5ccc(N(CC)CC)cc5)cc-4oc3c2)cc1. The van der Waals surface area contributed by atoms with Crippen LogP contribution in [0.15, 0.2) is 114 Å². The zero-order valence-electron chi connectivity index (χ0n) is 27.7. The molecule has 6 rings (SSSR count). The maximum atomic E-state index is 13.6. The predicted molar refractivity (Wildman–Crippen MR) is 197 cm³/mol. The number of benzene rings is 5. The minimum absolute atomic E-state index is 0.185. The fourth-order valence-electron chi connectivity index (χ4n) is 6.31. The van der Waals surface area contributed by atoms with Crippen LogP contribution in [-0.4, -0.2) is 37.3 Å². The highest BCUT2D eigenvalue weighted by molar-refractivity contribution is 6.07. The van der Waals surface area contributed by atoms with E-state index in [4.69, 9.17) is 4.42 Å². The van der Waals surface area contributed by atoms with Crippen LogP contribution in [0.2, 0.25) is 0 Å². The summed E-state index contributed by atoms with van der Waals surface area (Å²) >= 11 is 0. The van der Waals surface area contributed by atoms with Gasteiger partial charge < -0.3 is 29.8 Å². The van der Waals surface area contributed by atoms with E-state index in [-0.39, 0.29) is 5.56 Å². The van der Waals surface area contributed by atoms with Crippen LogP contribution in [0.25, 0.3) is 33.4 Å². The van der Waals surface area contributed by atoms with E-state index in [9.17, 15) is 15.1 Å². The molecule has 0 saturated heterocycles. The first kappa shape index (κ1) is 32.2. The van der Waals surface area contributed by atoms with Gasteiger partial charge in [0.25, 0.3) is 0 Å². The van der Waals surface area contributed by atoms with Gasteiger partial charge in [0.2, 0.25) is 11.0 Å². The van der Waals surface area contributed by atoms with Gasteiger partial charge in [-0.25, -0.2) is 4.79 Å². The summed E-state index contributed by atoms with van der Waals surface area (Å²) < 4.78 is 7.39. The van der Waals surface area contributed by atoms with Crippen molar-refractivity contribution in [1.29, 1.82) is 0 Å². The number of carbonyl (C=O) groups is 1. The summed E-state index contributed by atoms with van der Waals surface area (Å²) in [6.07, 6.45) is 0. The van der Waals surface area contributed by atoms with Crippen molar-refractivity contribution in [2.75, 3.05) is 41.3 Å². The molecule has 2 N–H and O–H groups in total. The lowest BCUT2D eigenvalue weighted by Gasteiger charge is -2.21. The van der Waals surface area contributed by atoms with Crippen molar-refractivity contribution < 1.29 is 14.3 Å². The number of hydrogen-bond acceptors (Lipinski definition) is 6. The fraction of sp³-hybridized carbons (Fsp3) is 0.200. The van der Waals surface area contributed by atoms with Crippen molar-refractivity contribution in [1.82, 2.24) is 4.74 Å². The number of carboxylic acids is 1. The topological polar surface area (TPSA) is 95.0 Å². The van der Waals surface area contributed by atoms with E-state index in [1.807, 2.05) is 72.8 Å². The first-order valence-corrected chi connectivity index (χ1v) is 16.5. The standard InChI is InChI=1S/C40H40N4O4/c1-5-42(6-2)29-16-13-27(14-17-29)41-28-15-23-35-37(25-28)48-38-26-32(44(47)31-20-18-30(19-21-31)43(7-3)8-4)22-24-36(38)39(35)33-11-9-10-12-34(33)40(45)46/h9-26,41H,5-8H2,1-4H3,(H,45,46). The van der Waals surface area contributed by atoms with E-state index < -0.39 is 5.97 Å². The monoisotopic (exact) mass is 640 g/mol. The van der Waals surface area contributed by atoms with Gasteiger partial charge in [-0.2, -0.15) is 4.74 Å². The van der Waals surface area contributed by atoms with Gasteiger partial charge in [0.1, 0.15) is 11.3 Å². The Labute approximate surface area is 280 Å². The molecular weight excluding hydrogens is 600 g/mol. The van der Waals surface area contributed by atoms with Gasteiger partial charge in [-0.3, -0.25) is 0 Å². The molecule has 48 heavy (non-hydrogen) atoms. The van der Waals surface area contributed by atoms with Gasteiger partial charge in [-0.15, -0.1) is 0 Å². The Balaban J connectivity index is 1.49. The number of rotatable bonds is 11. The van der Waals surface area contributed by atoms with Crippen LogP contribution in [-0.2, 0) is 0 Å². The average Bonchev–Trinajstić information content (AvgIpc) is 3.12. The Kier molecular flexibility index (Phi) is 9.34. The average molecular weight is 641 g/mol. The molecule has 0 amide bonds. The minimum atomic E-state index is -1.02. The molecule has 0 radical (unpaired) electrons. The normalized spacial score (nSPS) is 11.8. The van der Waals surface area contributed by atoms with E-state index in [1.54, 1.807) is 24.3 Å². The number of anilines is 4. The van der Waals surface area contributed by atoms with Crippen LogP contribution in [0.5, 0.6) is 0 Å². The molecule has 2 aliphatic rings. The van der Waals surface area contributed by atoms with E-state index in [2.05, 4.69) is 54.9 Å². The van der Waals surface area contributed by atoms with Crippen LogP contribution in [0.4, 0.5) is 28.4 Å². The Morgan fingerprint density at radius 3 is 1.96 bits per heavy atom. The summed E-state index contributed by atoms with van der Waals surface area (Å²) in [4.78, 5) is 16.9. The van der Waals surface area contributed by atoms with Crippen molar-refractivity contribution in [2.45, 2.75) is 27.7 Å². The molecule has 4 aromatic carbocycles. The molecule has 244 valence electrons. The van der Waals surface area contributed by atoms with Crippen molar-refractivity contribution in [2.24, 2.45) is 0 Å². The maximum Gasteiger partial charge on any atom is 0.336 e. The molecule has 0 saturated carbocycles. The number of fused-ring (bicyclic) bond motifs is 2. The van der Waals surface area contributed by atoms with E-state index in [1.165, 1.54) is 0 Å². The molecule has 0 aromatic heterocycles. The summed E-state index contributed by atoms with van der Waals surface area (Å²) in [5, 5.41) is 28.3.